The predicted octanol–water partition coefficient (Wildman–Crippen LogP) is 2.87. The van der Waals surface area contributed by atoms with Gasteiger partial charge in [0.15, 0.2) is 0 Å². The highest BCUT2D eigenvalue weighted by atomic mass is 19.1. The monoisotopic (exact) mass is 206 g/mol. The Kier molecular flexibility index (Phi) is 3.37. The van der Waals surface area contributed by atoms with Crippen LogP contribution in [-0.4, -0.2) is 18.0 Å². The molecule has 1 heterocycles. The predicted molar refractivity (Wildman–Crippen MR) is 59.8 cm³/mol. The third-order valence-electron chi connectivity index (χ3n) is 3.02. The van der Waals surface area contributed by atoms with Crippen LogP contribution in [0.3, 0.4) is 0 Å². The summed E-state index contributed by atoms with van der Waals surface area (Å²) < 4.78 is 13.0. The van der Waals surface area contributed by atoms with Crippen molar-refractivity contribution in [2.75, 3.05) is 13.1 Å². The van der Waals surface area contributed by atoms with Gasteiger partial charge in [-0.2, -0.15) is 0 Å². The highest BCUT2D eigenvalue weighted by molar-refractivity contribution is 5.17. The average Bonchev–Trinajstić information content (AvgIpc) is 2.17. The van der Waals surface area contributed by atoms with Crippen molar-refractivity contribution >= 4 is 0 Å². The van der Waals surface area contributed by atoms with Crippen molar-refractivity contribution in [1.82, 2.24) is 4.90 Å². The zero-order valence-corrected chi connectivity index (χ0v) is 8.95. The van der Waals surface area contributed by atoms with Gasteiger partial charge in [0.25, 0.3) is 0 Å². The first-order valence-corrected chi connectivity index (χ1v) is 5.54. The molecule has 0 radical (unpaired) electrons. The molecule has 0 aromatic heterocycles. The molecule has 0 N–H and O–H groups in total. The Hall–Kier alpha value is -0.890. The molecule has 1 unspecified atom stereocenters. The molecule has 0 saturated carbocycles. The lowest BCUT2D eigenvalue weighted by atomic mass is 9.91. The standard InChI is InChI=1S/C13H17FN/c1-15-7-3-5-12(10-15)8-11-4-2-6-13(14)9-11/h2,4,6,9,12H,1,3,5,7-8,10H2/q-1. The molecule has 82 valence electrons. The summed E-state index contributed by atoms with van der Waals surface area (Å²) in [5.41, 5.74) is 1.11. The molecular weight excluding hydrogens is 189 g/mol. The molecule has 1 fully saturated rings. The maximum atomic E-state index is 13.0. The minimum absolute atomic E-state index is 0.130. The number of hydrogen-bond acceptors (Lipinski definition) is 1. The second kappa shape index (κ2) is 4.75. The van der Waals surface area contributed by atoms with E-state index in [0.717, 1.165) is 25.1 Å². The molecule has 1 saturated heterocycles. The molecule has 1 aromatic carbocycles. The van der Waals surface area contributed by atoms with Gasteiger partial charge in [0, 0.05) is 0 Å². The third kappa shape index (κ3) is 3.03. The van der Waals surface area contributed by atoms with E-state index in [1.165, 1.54) is 18.9 Å². The molecule has 0 aliphatic carbocycles. The van der Waals surface area contributed by atoms with E-state index < -0.39 is 0 Å². The van der Waals surface area contributed by atoms with Gasteiger partial charge in [0.05, 0.1) is 0 Å². The van der Waals surface area contributed by atoms with Crippen LogP contribution in [0.25, 0.3) is 0 Å². The van der Waals surface area contributed by atoms with Gasteiger partial charge in [-0.05, 0) is 56.0 Å². The van der Waals surface area contributed by atoms with Crippen LogP contribution in [0.5, 0.6) is 0 Å². The summed E-state index contributed by atoms with van der Waals surface area (Å²) in [6, 6.07) is 6.93. The van der Waals surface area contributed by atoms with Gasteiger partial charge < -0.3 is 4.90 Å². The second-order valence-electron chi connectivity index (χ2n) is 4.42. The third-order valence-corrected chi connectivity index (χ3v) is 3.02. The van der Waals surface area contributed by atoms with Gasteiger partial charge in [-0.25, -0.2) is 4.39 Å². The fourth-order valence-corrected chi connectivity index (χ4v) is 2.32. The highest BCUT2D eigenvalue weighted by Gasteiger charge is 2.14. The van der Waals surface area contributed by atoms with Crippen molar-refractivity contribution in [3.8, 4) is 0 Å². The lowest BCUT2D eigenvalue weighted by Gasteiger charge is -2.35. The maximum absolute atomic E-state index is 13.0. The summed E-state index contributed by atoms with van der Waals surface area (Å²) in [6.45, 7) is 2.14. The molecule has 0 spiro atoms. The Balaban J connectivity index is 1.96. The minimum atomic E-state index is -0.130. The Morgan fingerprint density at radius 2 is 2.33 bits per heavy atom. The van der Waals surface area contributed by atoms with Gasteiger partial charge in [-0.3, -0.25) is 7.05 Å². The normalized spacial score (nSPS) is 22.9. The van der Waals surface area contributed by atoms with Gasteiger partial charge in [-0.1, -0.05) is 12.1 Å². The van der Waals surface area contributed by atoms with E-state index in [2.05, 4.69) is 11.9 Å². The highest BCUT2D eigenvalue weighted by Crippen LogP contribution is 2.20. The summed E-state index contributed by atoms with van der Waals surface area (Å²) in [5.74, 6) is 0.507. The molecule has 1 atom stereocenters. The largest absolute Gasteiger partial charge is 0.459 e. The first-order chi connectivity index (χ1) is 7.24. The topological polar surface area (TPSA) is 3.24 Å². The van der Waals surface area contributed by atoms with Gasteiger partial charge in [0.1, 0.15) is 5.82 Å². The summed E-state index contributed by atoms with van der Waals surface area (Å²) in [5, 5.41) is 0. The van der Waals surface area contributed by atoms with Crippen LogP contribution >= 0.6 is 0 Å². The van der Waals surface area contributed by atoms with Crippen LogP contribution in [0.2, 0.25) is 0 Å². The van der Waals surface area contributed by atoms with E-state index in [-0.39, 0.29) is 5.82 Å². The zero-order chi connectivity index (χ0) is 10.7. The lowest BCUT2D eigenvalue weighted by Crippen LogP contribution is -2.31. The first-order valence-electron chi connectivity index (χ1n) is 5.54. The van der Waals surface area contributed by atoms with Crippen molar-refractivity contribution in [2.45, 2.75) is 19.3 Å². The summed E-state index contributed by atoms with van der Waals surface area (Å²) >= 11 is 0. The van der Waals surface area contributed by atoms with Crippen molar-refractivity contribution in [1.29, 1.82) is 0 Å². The first kappa shape index (κ1) is 10.6. The van der Waals surface area contributed by atoms with Gasteiger partial charge in [0.2, 0.25) is 0 Å². The van der Waals surface area contributed by atoms with Crippen molar-refractivity contribution in [2.24, 2.45) is 5.92 Å². The number of hydrogen-bond donors (Lipinski definition) is 0. The number of rotatable bonds is 2. The molecule has 1 nitrogen and oxygen atoms in total. The van der Waals surface area contributed by atoms with Crippen molar-refractivity contribution in [3.63, 3.8) is 0 Å². The minimum Gasteiger partial charge on any atom is -0.459 e. The van der Waals surface area contributed by atoms with Crippen molar-refractivity contribution in [3.05, 3.63) is 42.7 Å². The van der Waals surface area contributed by atoms with Crippen LogP contribution in [0.1, 0.15) is 18.4 Å². The molecule has 15 heavy (non-hydrogen) atoms. The fraction of sp³-hybridized carbons (Fsp3) is 0.462. The van der Waals surface area contributed by atoms with Crippen LogP contribution in [-0.2, 0) is 6.42 Å². The number of likely N-dealkylation sites (tertiary alicyclic amines) is 1. The van der Waals surface area contributed by atoms with Crippen LogP contribution in [0.15, 0.2) is 24.3 Å². The number of benzene rings is 1. The molecule has 1 aliphatic heterocycles. The Morgan fingerprint density at radius 3 is 3.07 bits per heavy atom. The van der Waals surface area contributed by atoms with Crippen LogP contribution in [0.4, 0.5) is 4.39 Å². The van der Waals surface area contributed by atoms with E-state index in [0.29, 0.717) is 5.92 Å². The van der Waals surface area contributed by atoms with E-state index in [4.69, 9.17) is 0 Å². The molecule has 1 aliphatic rings. The smallest absolute Gasteiger partial charge is 0.123 e. The van der Waals surface area contributed by atoms with Crippen molar-refractivity contribution < 1.29 is 4.39 Å². The number of piperidine rings is 1. The SMILES string of the molecule is [CH2-]N1CCCC(Cc2cccc(F)c2)C1. The lowest BCUT2D eigenvalue weighted by molar-refractivity contribution is 0.230. The Morgan fingerprint density at radius 1 is 1.47 bits per heavy atom. The Bertz CT molecular complexity index is 324. The maximum Gasteiger partial charge on any atom is 0.123 e. The average molecular weight is 206 g/mol. The molecule has 1 aromatic rings. The number of halogens is 1. The molecule has 2 rings (SSSR count). The molecule has 0 bridgehead atoms. The van der Waals surface area contributed by atoms with E-state index in [1.807, 2.05) is 6.07 Å². The van der Waals surface area contributed by atoms with Gasteiger partial charge in [-0.15, -0.1) is 0 Å². The quantitative estimate of drug-likeness (QED) is 0.672. The van der Waals surface area contributed by atoms with Gasteiger partial charge >= 0.3 is 0 Å². The number of nitrogens with zero attached hydrogens (tertiary/aromatic N) is 1. The van der Waals surface area contributed by atoms with Crippen LogP contribution < -0.4 is 0 Å². The second-order valence-corrected chi connectivity index (χ2v) is 4.42. The molecule has 2 heteroatoms. The van der Waals surface area contributed by atoms with E-state index >= 15 is 0 Å². The van der Waals surface area contributed by atoms with E-state index in [9.17, 15) is 4.39 Å². The molecular formula is C13H17FN-. The molecule has 0 amide bonds. The zero-order valence-electron chi connectivity index (χ0n) is 8.95. The van der Waals surface area contributed by atoms with E-state index in [1.54, 1.807) is 12.1 Å². The Labute approximate surface area is 90.9 Å². The summed E-state index contributed by atoms with van der Waals surface area (Å²) in [4.78, 5) is 2.12. The summed E-state index contributed by atoms with van der Waals surface area (Å²) in [7, 11) is 3.97. The fourth-order valence-electron chi connectivity index (χ4n) is 2.32. The van der Waals surface area contributed by atoms with Crippen LogP contribution in [0, 0.1) is 18.8 Å². The summed E-state index contributed by atoms with van der Waals surface area (Å²) in [6.07, 6.45) is 3.43.